The lowest BCUT2D eigenvalue weighted by Gasteiger charge is -2.17. The SMILES string of the molecule is CC(NC(=O)C1CCCO1)c1cccc(S(N)(=O)=O)c1. The van der Waals surface area contributed by atoms with E-state index in [4.69, 9.17) is 9.88 Å². The molecule has 2 rings (SSSR count). The molecule has 0 bridgehead atoms. The molecular formula is C13H18N2O4S. The van der Waals surface area contributed by atoms with Crippen molar-refractivity contribution in [2.75, 3.05) is 6.61 Å². The zero-order valence-corrected chi connectivity index (χ0v) is 12.0. The number of primary sulfonamides is 1. The molecule has 0 aromatic heterocycles. The minimum Gasteiger partial charge on any atom is -0.368 e. The summed E-state index contributed by atoms with van der Waals surface area (Å²) in [6.45, 7) is 2.39. The van der Waals surface area contributed by atoms with Gasteiger partial charge in [0.2, 0.25) is 15.9 Å². The summed E-state index contributed by atoms with van der Waals surface area (Å²) in [6, 6.07) is 5.93. The lowest BCUT2D eigenvalue weighted by atomic mass is 10.1. The van der Waals surface area contributed by atoms with E-state index in [1.807, 2.05) is 0 Å². The number of ether oxygens (including phenoxy) is 1. The van der Waals surface area contributed by atoms with Gasteiger partial charge in [-0.2, -0.15) is 0 Å². The van der Waals surface area contributed by atoms with Crippen LogP contribution in [0.3, 0.4) is 0 Å². The zero-order valence-electron chi connectivity index (χ0n) is 11.2. The number of carbonyl (C=O) groups is 1. The highest BCUT2D eigenvalue weighted by Crippen LogP contribution is 2.18. The van der Waals surface area contributed by atoms with Gasteiger partial charge in [0, 0.05) is 6.61 Å². The highest BCUT2D eigenvalue weighted by atomic mass is 32.2. The second kappa shape index (κ2) is 5.90. The standard InChI is InChI=1S/C13H18N2O4S/c1-9(15-13(16)12-6-3-7-19-12)10-4-2-5-11(8-10)20(14,17)18/h2,4-5,8-9,12H,3,6-7H2,1H3,(H,15,16)(H2,14,17,18). The summed E-state index contributed by atoms with van der Waals surface area (Å²) in [5.41, 5.74) is 0.683. The molecule has 1 aliphatic heterocycles. The zero-order chi connectivity index (χ0) is 14.8. The average molecular weight is 298 g/mol. The van der Waals surface area contributed by atoms with Crippen molar-refractivity contribution in [3.05, 3.63) is 29.8 Å². The number of rotatable bonds is 4. The minimum absolute atomic E-state index is 0.0354. The lowest BCUT2D eigenvalue weighted by molar-refractivity contribution is -0.130. The van der Waals surface area contributed by atoms with Crippen molar-refractivity contribution < 1.29 is 17.9 Å². The number of amides is 1. The molecule has 1 heterocycles. The van der Waals surface area contributed by atoms with Crippen LogP contribution in [0, 0.1) is 0 Å². The van der Waals surface area contributed by atoms with Crippen molar-refractivity contribution in [3.63, 3.8) is 0 Å². The number of hydrogen-bond acceptors (Lipinski definition) is 4. The Morgan fingerprint density at radius 3 is 2.85 bits per heavy atom. The maximum Gasteiger partial charge on any atom is 0.249 e. The van der Waals surface area contributed by atoms with Crippen LogP contribution in [-0.4, -0.2) is 27.0 Å². The van der Waals surface area contributed by atoms with Gasteiger partial charge in [0.25, 0.3) is 0 Å². The molecule has 1 fully saturated rings. The van der Waals surface area contributed by atoms with E-state index in [1.165, 1.54) is 12.1 Å². The number of nitrogens with two attached hydrogens (primary N) is 1. The molecule has 0 aliphatic carbocycles. The Morgan fingerprint density at radius 1 is 1.50 bits per heavy atom. The maximum atomic E-state index is 11.9. The van der Waals surface area contributed by atoms with E-state index in [9.17, 15) is 13.2 Å². The van der Waals surface area contributed by atoms with Gasteiger partial charge in [0.1, 0.15) is 6.10 Å². The van der Waals surface area contributed by atoms with Gasteiger partial charge in [-0.3, -0.25) is 4.79 Å². The minimum atomic E-state index is -3.74. The van der Waals surface area contributed by atoms with Crippen LogP contribution in [0.1, 0.15) is 31.4 Å². The summed E-state index contributed by atoms with van der Waals surface area (Å²) in [5, 5.41) is 7.91. The quantitative estimate of drug-likeness (QED) is 0.854. The van der Waals surface area contributed by atoms with Crippen molar-refractivity contribution in [3.8, 4) is 0 Å². The first-order valence-electron chi connectivity index (χ1n) is 6.42. The van der Waals surface area contributed by atoms with Crippen molar-refractivity contribution in [2.45, 2.75) is 36.8 Å². The molecule has 0 saturated carbocycles. The smallest absolute Gasteiger partial charge is 0.249 e. The fraction of sp³-hybridized carbons (Fsp3) is 0.462. The Kier molecular flexibility index (Phi) is 4.42. The highest BCUT2D eigenvalue weighted by Gasteiger charge is 2.25. The van der Waals surface area contributed by atoms with Gasteiger partial charge in [-0.25, -0.2) is 13.6 Å². The number of hydrogen-bond donors (Lipinski definition) is 2. The Hall–Kier alpha value is -1.44. The van der Waals surface area contributed by atoms with E-state index >= 15 is 0 Å². The Morgan fingerprint density at radius 2 is 2.25 bits per heavy atom. The first kappa shape index (κ1) is 15.0. The fourth-order valence-corrected chi connectivity index (χ4v) is 2.70. The molecule has 1 amide bonds. The monoisotopic (exact) mass is 298 g/mol. The first-order valence-corrected chi connectivity index (χ1v) is 7.97. The predicted octanol–water partition coefficient (Wildman–Crippen LogP) is 0.690. The van der Waals surface area contributed by atoms with Gasteiger partial charge in [-0.1, -0.05) is 12.1 Å². The third-order valence-corrected chi connectivity index (χ3v) is 4.18. The van der Waals surface area contributed by atoms with Crippen molar-refractivity contribution in [1.29, 1.82) is 0 Å². The summed E-state index contributed by atoms with van der Waals surface area (Å²) < 4.78 is 27.9. The lowest BCUT2D eigenvalue weighted by Crippen LogP contribution is -2.35. The maximum absolute atomic E-state index is 11.9. The van der Waals surface area contributed by atoms with Crippen LogP contribution in [0.2, 0.25) is 0 Å². The Balaban J connectivity index is 2.09. The number of benzene rings is 1. The van der Waals surface area contributed by atoms with Crippen LogP contribution >= 0.6 is 0 Å². The first-order chi connectivity index (χ1) is 9.38. The molecule has 0 radical (unpaired) electrons. The molecule has 2 unspecified atom stereocenters. The van der Waals surface area contributed by atoms with Crippen LogP contribution < -0.4 is 10.5 Å². The largest absolute Gasteiger partial charge is 0.368 e. The second-order valence-electron chi connectivity index (χ2n) is 4.85. The Labute approximate surface area is 118 Å². The van der Waals surface area contributed by atoms with Gasteiger partial charge in [0.05, 0.1) is 10.9 Å². The van der Waals surface area contributed by atoms with Crippen molar-refractivity contribution in [2.24, 2.45) is 5.14 Å². The summed E-state index contributed by atoms with van der Waals surface area (Å²) in [6.07, 6.45) is 1.20. The van der Waals surface area contributed by atoms with Crippen LogP contribution in [0.5, 0.6) is 0 Å². The summed E-state index contributed by atoms with van der Waals surface area (Å²) in [4.78, 5) is 12.0. The summed E-state index contributed by atoms with van der Waals surface area (Å²) in [7, 11) is -3.74. The van der Waals surface area contributed by atoms with Crippen molar-refractivity contribution in [1.82, 2.24) is 5.32 Å². The van der Waals surface area contributed by atoms with E-state index in [-0.39, 0.29) is 16.8 Å². The molecule has 110 valence electrons. The predicted molar refractivity (Wildman–Crippen MR) is 73.3 cm³/mol. The molecule has 6 nitrogen and oxygen atoms in total. The van der Waals surface area contributed by atoms with Gasteiger partial charge < -0.3 is 10.1 Å². The van der Waals surface area contributed by atoms with Crippen LogP contribution in [0.15, 0.2) is 29.2 Å². The van der Waals surface area contributed by atoms with Crippen LogP contribution in [0.4, 0.5) is 0 Å². The fourth-order valence-electron chi connectivity index (χ4n) is 2.13. The third kappa shape index (κ3) is 3.56. The molecular weight excluding hydrogens is 280 g/mol. The van der Waals surface area contributed by atoms with Gasteiger partial charge >= 0.3 is 0 Å². The van der Waals surface area contributed by atoms with E-state index in [2.05, 4.69) is 5.32 Å². The molecule has 1 aliphatic rings. The second-order valence-corrected chi connectivity index (χ2v) is 6.41. The van der Waals surface area contributed by atoms with E-state index < -0.39 is 16.1 Å². The van der Waals surface area contributed by atoms with Crippen LogP contribution in [0.25, 0.3) is 0 Å². The normalized spacial score (nSPS) is 20.6. The average Bonchev–Trinajstić information content (AvgIpc) is 2.91. The van der Waals surface area contributed by atoms with E-state index in [1.54, 1.807) is 19.1 Å². The van der Waals surface area contributed by atoms with E-state index in [0.717, 1.165) is 12.8 Å². The number of sulfonamides is 1. The molecule has 1 aromatic carbocycles. The van der Waals surface area contributed by atoms with Crippen LogP contribution in [-0.2, 0) is 19.6 Å². The van der Waals surface area contributed by atoms with Gasteiger partial charge in [-0.05, 0) is 37.5 Å². The highest BCUT2D eigenvalue weighted by molar-refractivity contribution is 7.89. The number of nitrogens with one attached hydrogen (secondary N) is 1. The third-order valence-electron chi connectivity index (χ3n) is 3.27. The molecule has 1 aromatic rings. The Bertz CT molecular complexity index is 594. The summed E-state index contributed by atoms with van der Waals surface area (Å²) >= 11 is 0. The molecule has 2 atom stereocenters. The van der Waals surface area contributed by atoms with E-state index in [0.29, 0.717) is 12.2 Å². The molecule has 3 N–H and O–H groups in total. The van der Waals surface area contributed by atoms with Gasteiger partial charge in [0.15, 0.2) is 0 Å². The molecule has 1 saturated heterocycles. The topological polar surface area (TPSA) is 98.5 Å². The summed E-state index contributed by atoms with van der Waals surface area (Å²) in [5.74, 6) is -0.170. The molecule has 7 heteroatoms. The van der Waals surface area contributed by atoms with Crippen molar-refractivity contribution >= 4 is 15.9 Å². The van der Waals surface area contributed by atoms with Gasteiger partial charge in [-0.15, -0.1) is 0 Å². The molecule has 0 spiro atoms. The molecule has 20 heavy (non-hydrogen) atoms. The number of carbonyl (C=O) groups excluding carboxylic acids is 1.